The Kier molecular flexibility index (Phi) is 7.46. The minimum atomic E-state index is -4.34. The van der Waals surface area contributed by atoms with Crippen LogP contribution in [0, 0.1) is 6.92 Å². The Balaban J connectivity index is 1.96. The van der Waals surface area contributed by atoms with E-state index in [2.05, 4.69) is 15.3 Å². The molecule has 0 aliphatic carbocycles. The molecule has 2 aromatic rings. The second-order valence-corrected chi connectivity index (χ2v) is 6.99. The van der Waals surface area contributed by atoms with E-state index in [1.807, 2.05) is 31.2 Å². The van der Waals surface area contributed by atoms with Crippen LogP contribution in [-0.2, 0) is 13.1 Å². The highest BCUT2D eigenvalue weighted by atomic mass is 32.1. The monoisotopic (exact) mass is 400 g/mol. The third-order valence-electron chi connectivity index (χ3n) is 3.50. The van der Waals surface area contributed by atoms with Crippen molar-refractivity contribution in [3.8, 4) is 5.75 Å². The van der Waals surface area contributed by atoms with E-state index in [1.54, 1.807) is 23.5 Å². The minimum Gasteiger partial charge on any atom is -0.484 e. The van der Waals surface area contributed by atoms with Crippen molar-refractivity contribution in [2.75, 3.05) is 20.2 Å². The number of nitrogens with zero attached hydrogens (tertiary/aromatic N) is 3. The Bertz CT molecular complexity index is 744. The number of rotatable bonds is 7. The molecule has 27 heavy (non-hydrogen) atoms. The van der Waals surface area contributed by atoms with Crippen LogP contribution in [0.25, 0.3) is 0 Å². The number of nitrogens with one attached hydrogen (secondary N) is 1. The van der Waals surface area contributed by atoms with Crippen molar-refractivity contribution < 1.29 is 17.9 Å². The van der Waals surface area contributed by atoms with E-state index in [1.165, 1.54) is 12.1 Å². The highest BCUT2D eigenvalue weighted by Gasteiger charge is 2.28. The summed E-state index contributed by atoms with van der Waals surface area (Å²) in [5, 5.41) is 6.27. The quantitative estimate of drug-likeness (QED) is 0.564. The maximum atomic E-state index is 12.2. The number of thiazole rings is 1. The predicted molar refractivity (Wildman–Crippen MR) is 101 cm³/mol. The van der Waals surface area contributed by atoms with Gasteiger partial charge in [-0.25, -0.2) is 9.98 Å². The zero-order chi connectivity index (χ0) is 19.9. The summed E-state index contributed by atoms with van der Waals surface area (Å²) in [6.45, 7) is 4.43. The normalized spacial score (nSPS) is 12.1. The molecule has 0 unspecified atom stereocenters. The van der Waals surface area contributed by atoms with Gasteiger partial charge in [-0.3, -0.25) is 0 Å². The lowest BCUT2D eigenvalue weighted by atomic mass is 10.2. The van der Waals surface area contributed by atoms with Crippen LogP contribution >= 0.6 is 11.3 Å². The molecule has 1 N–H and O–H groups in total. The fourth-order valence-corrected chi connectivity index (χ4v) is 2.89. The number of aryl methyl sites for hydroxylation is 1. The van der Waals surface area contributed by atoms with Crippen LogP contribution < -0.4 is 10.1 Å². The molecule has 1 heterocycles. The summed E-state index contributed by atoms with van der Waals surface area (Å²) in [6, 6.07) is 6.46. The van der Waals surface area contributed by atoms with E-state index in [0.717, 1.165) is 28.8 Å². The third kappa shape index (κ3) is 7.46. The summed E-state index contributed by atoms with van der Waals surface area (Å²) in [7, 11) is 1.93. The molecule has 9 heteroatoms. The van der Waals surface area contributed by atoms with Gasteiger partial charge in [-0.1, -0.05) is 12.1 Å². The van der Waals surface area contributed by atoms with Gasteiger partial charge >= 0.3 is 6.18 Å². The molecule has 1 aromatic heterocycles. The number of aliphatic imine (C=N–C) groups is 1. The van der Waals surface area contributed by atoms with Gasteiger partial charge < -0.3 is 15.0 Å². The molecule has 0 radical (unpaired) electrons. The maximum Gasteiger partial charge on any atom is 0.422 e. The summed E-state index contributed by atoms with van der Waals surface area (Å²) in [5.41, 5.74) is 1.86. The first-order valence-corrected chi connectivity index (χ1v) is 9.33. The molecule has 0 saturated carbocycles. The average molecular weight is 400 g/mol. The molecular weight excluding hydrogens is 377 g/mol. The third-order valence-corrected chi connectivity index (χ3v) is 4.32. The molecule has 0 fully saturated rings. The summed E-state index contributed by atoms with van der Waals surface area (Å²) in [5.74, 6) is 0.920. The first-order chi connectivity index (χ1) is 12.8. The van der Waals surface area contributed by atoms with Gasteiger partial charge in [0.15, 0.2) is 12.6 Å². The lowest BCUT2D eigenvalue weighted by Gasteiger charge is -2.21. The molecule has 0 amide bonds. The van der Waals surface area contributed by atoms with Crippen LogP contribution in [0.15, 0.2) is 34.6 Å². The van der Waals surface area contributed by atoms with Crippen LogP contribution in [0.3, 0.4) is 0 Å². The summed E-state index contributed by atoms with van der Waals surface area (Å²) in [6.07, 6.45) is -4.34. The molecule has 148 valence electrons. The highest BCUT2D eigenvalue weighted by molar-refractivity contribution is 7.09. The molecule has 0 atom stereocenters. The van der Waals surface area contributed by atoms with Crippen molar-refractivity contribution in [3.63, 3.8) is 0 Å². The van der Waals surface area contributed by atoms with Crippen LogP contribution in [0.2, 0.25) is 0 Å². The van der Waals surface area contributed by atoms with E-state index >= 15 is 0 Å². The molecular formula is C18H23F3N4OS. The zero-order valence-corrected chi connectivity index (χ0v) is 16.3. The predicted octanol–water partition coefficient (Wildman–Crippen LogP) is 3.99. The number of guanidine groups is 1. The molecule has 2 rings (SSSR count). The Morgan fingerprint density at radius 1 is 1.30 bits per heavy atom. The first-order valence-electron chi connectivity index (χ1n) is 8.46. The van der Waals surface area contributed by atoms with E-state index in [4.69, 9.17) is 4.74 Å². The second kappa shape index (κ2) is 9.59. The van der Waals surface area contributed by atoms with Gasteiger partial charge in [0.05, 0.1) is 23.8 Å². The molecule has 0 saturated heterocycles. The molecule has 0 aliphatic rings. The van der Waals surface area contributed by atoms with E-state index < -0.39 is 12.8 Å². The number of alkyl halides is 3. The number of ether oxygens (including phenoxy) is 1. The molecule has 0 spiro atoms. The largest absolute Gasteiger partial charge is 0.484 e. The van der Waals surface area contributed by atoms with Gasteiger partial charge in [-0.2, -0.15) is 13.2 Å². The van der Waals surface area contributed by atoms with Crippen LogP contribution in [0.5, 0.6) is 5.75 Å². The fourth-order valence-electron chi connectivity index (χ4n) is 2.29. The Morgan fingerprint density at radius 2 is 2.00 bits per heavy atom. The number of hydrogen-bond acceptors (Lipinski definition) is 4. The topological polar surface area (TPSA) is 49.8 Å². The Labute approximate surface area is 160 Å². The average Bonchev–Trinajstić information content (AvgIpc) is 3.01. The van der Waals surface area contributed by atoms with Crippen molar-refractivity contribution in [3.05, 3.63) is 45.9 Å². The van der Waals surface area contributed by atoms with Crippen molar-refractivity contribution in [2.24, 2.45) is 4.99 Å². The number of aromatic nitrogens is 1. The number of benzene rings is 1. The Hall–Kier alpha value is -2.29. The Morgan fingerprint density at radius 3 is 2.56 bits per heavy atom. The SMILES string of the molecule is CCNC(=NCc1ccc(OCC(F)(F)F)cc1)N(C)Cc1csc(C)n1. The van der Waals surface area contributed by atoms with Gasteiger partial charge in [-0.05, 0) is 31.5 Å². The smallest absolute Gasteiger partial charge is 0.422 e. The molecule has 5 nitrogen and oxygen atoms in total. The van der Waals surface area contributed by atoms with Crippen molar-refractivity contribution in [1.29, 1.82) is 0 Å². The first kappa shape index (κ1) is 21.0. The highest BCUT2D eigenvalue weighted by Crippen LogP contribution is 2.19. The van der Waals surface area contributed by atoms with E-state index in [-0.39, 0.29) is 5.75 Å². The van der Waals surface area contributed by atoms with Crippen LogP contribution in [0.1, 0.15) is 23.2 Å². The molecule has 0 bridgehead atoms. The van der Waals surface area contributed by atoms with Crippen molar-refractivity contribution >= 4 is 17.3 Å². The van der Waals surface area contributed by atoms with E-state index in [0.29, 0.717) is 13.1 Å². The molecule has 1 aromatic carbocycles. The summed E-state index contributed by atoms with van der Waals surface area (Å²) < 4.78 is 41.2. The van der Waals surface area contributed by atoms with Gasteiger partial charge in [0.1, 0.15) is 5.75 Å². The van der Waals surface area contributed by atoms with Gasteiger partial charge in [0.25, 0.3) is 0 Å². The van der Waals surface area contributed by atoms with Gasteiger partial charge in [0, 0.05) is 19.0 Å². The summed E-state index contributed by atoms with van der Waals surface area (Å²) in [4.78, 5) is 11.0. The molecule has 0 aliphatic heterocycles. The maximum absolute atomic E-state index is 12.2. The lowest BCUT2D eigenvalue weighted by molar-refractivity contribution is -0.153. The van der Waals surface area contributed by atoms with Gasteiger partial charge in [0.2, 0.25) is 0 Å². The second-order valence-electron chi connectivity index (χ2n) is 5.93. The van der Waals surface area contributed by atoms with Crippen LogP contribution in [0.4, 0.5) is 13.2 Å². The summed E-state index contributed by atoms with van der Waals surface area (Å²) >= 11 is 1.61. The van der Waals surface area contributed by atoms with Crippen molar-refractivity contribution in [2.45, 2.75) is 33.1 Å². The van der Waals surface area contributed by atoms with E-state index in [9.17, 15) is 13.2 Å². The van der Waals surface area contributed by atoms with Crippen molar-refractivity contribution in [1.82, 2.24) is 15.2 Å². The lowest BCUT2D eigenvalue weighted by Crippen LogP contribution is -2.38. The standard InChI is InChI=1S/C18H23F3N4OS/c1-4-22-17(25(3)10-15-11-27-13(2)24-15)23-9-14-5-7-16(8-6-14)26-12-18(19,20)21/h5-8,11H,4,9-10,12H2,1-3H3,(H,22,23). The zero-order valence-electron chi connectivity index (χ0n) is 15.5. The van der Waals surface area contributed by atoms with Crippen LogP contribution in [-0.4, -0.2) is 42.2 Å². The minimum absolute atomic E-state index is 0.183. The van der Waals surface area contributed by atoms with Gasteiger partial charge in [-0.15, -0.1) is 11.3 Å². The number of halogens is 3. The fraction of sp³-hybridized carbons (Fsp3) is 0.444. The number of hydrogen-bond donors (Lipinski definition) is 1.